The van der Waals surface area contributed by atoms with Crippen molar-refractivity contribution in [1.29, 1.82) is 0 Å². The Kier molecular flexibility index (Phi) is 4.64. The fourth-order valence-electron chi connectivity index (χ4n) is 4.22. The van der Waals surface area contributed by atoms with Gasteiger partial charge in [0.05, 0.1) is 0 Å². The van der Waals surface area contributed by atoms with Crippen LogP contribution in [0.2, 0.25) is 0 Å². The number of anilines is 1. The summed E-state index contributed by atoms with van der Waals surface area (Å²) in [6.45, 7) is 4.92. The van der Waals surface area contributed by atoms with Gasteiger partial charge in [-0.2, -0.15) is 0 Å². The quantitative estimate of drug-likeness (QED) is 0.849. The number of aromatic nitrogens is 1. The van der Waals surface area contributed by atoms with E-state index in [0.29, 0.717) is 11.8 Å². The maximum Gasteiger partial charge on any atom is 0.253 e. The minimum atomic E-state index is 0.146. The average molecular weight is 350 g/mol. The molecule has 3 heterocycles. The number of hydrogen-bond acceptors (Lipinski definition) is 4. The first kappa shape index (κ1) is 17.0. The van der Waals surface area contributed by atoms with Crippen LogP contribution in [0.1, 0.15) is 15.9 Å². The van der Waals surface area contributed by atoms with Crippen LogP contribution in [0.5, 0.6) is 0 Å². The number of hydrogen-bond donors (Lipinski definition) is 0. The van der Waals surface area contributed by atoms with Gasteiger partial charge in [-0.25, -0.2) is 0 Å². The summed E-state index contributed by atoms with van der Waals surface area (Å²) < 4.78 is 0. The van der Waals surface area contributed by atoms with Gasteiger partial charge in [-0.3, -0.25) is 14.7 Å². The van der Waals surface area contributed by atoms with Crippen LogP contribution in [-0.4, -0.2) is 61.0 Å². The molecule has 2 fully saturated rings. The molecule has 2 aliphatic heterocycles. The smallest absolute Gasteiger partial charge is 0.253 e. The van der Waals surface area contributed by atoms with E-state index in [9.17, 15) is 4.79 Å². The highest BCUT2D eigenvalue weighted by Crippen LogP contribution is 2.32. The highest BCUT2D eigenvalue weighted by Gasteiger charge is 2.41. The second kappa shape index (κ2) is 7.08. The Morgan fingerprint density at radius 1 is 1.00 bits per heavy atom. The number of pyridine rings is 1. The van der Waals surface area contributed by atoms with Crippen molar-refractivity contribution in [1.82, 2.24) is 14.8 Å². The normalized spacial score (nSPS) is 22.5. The topological polar surface area (TPSA) is 39.7 Å². The molecule has 5 heteroatoms. The number of likely N-dealkylation sites (tertiary alicyclic amines) is 2. The van der Waals surface area contributed by atoms with Crippen molar-refractivity contribution in [3.8, 4) is 0 Å². The molecule has 1 amide bonds. The number of amides is 1. The fraction of sp³-hybridized carbons (Fsp3) is 0.429. The van der Waals surface area contributed by atoms with Crippen molar-refractivity contribution in [3.05, 3.63) is 59.9 Å². The largest absolute Gasteiger partial charge is 0.378 e. The van der Waals surface area contributed by atoms with E-state index >= 15 is 0 Å². The van der Waals surface area contributed by atoms with E-state index < -0.39 is 0 Å². The first-order valence-electron chi connectivity index (χ1n) is 9.28. The van der Waals surface area contributed by atoms with Gasteiger partial charge in [-0.15, -0.1) is 0 Å². The van der Waals surface area contributed by atoms with Crippen LogP contribution in [-0.2, 0) is 6.54 Å². The van der Waals surface area contributed by atoms with Gasteiger partial charge in [0.1, 0.15) is 0 Å². The van der Waals surface area contributed by atoms with Gasteiger partial charge in [0, 0.05) is 70.5 Å². The summed E-state index contributed by atoms with van der Waals surface area (Å²) in [5, 5.41) is 0. The van der Waals surface area contributed by atoms with Gasteiger partial charge in [-0.05, 0) is 41.7 Å². The van der Waals surface area contributed by atoms with Crippen molar-refractivity contribution in [3.63, 3.8) is 0 Å². The van der Waals surface area contributed by atoms with Gasteiger partial charge in [0.15, 0.2) is 0 Å². The zero-order valence-corrected chi connectivity index (χ0v) is 15.5. The minimum Gasteiger partial charge on any atom is -0.378 e. The van der Waals surface area contributed by atoms with Gasteiger partial charge < -0.3 is 9.80 Å². The van der Waals surface area contributed by atoms with Gasteiger partial charge >= 0.3 is 0 Å². The summed E-state index contributed by atoms with van der Waals surface area (Å²) in [4.78, 5) is 23.3. The summed E-state index contributed by atoms with van der Waals surface area (Å²) in [5.74, 6) is 1.34. The standard InChI is InChI=1S/C21H26N4O/c1-23(2)20-5-3-16(4-6-20)11-24-12-18-14-25(15-19(18)13-24)21(26)17-7-9-22-10-8-17/h3-10,18-19H,11-15H2,1-2H3/t18-,19-/m1/s1. The molecular weight excluding hydrogens is 324 g/mol. The summed E-state index contributed by atoms with van der Waals surface area (Å²) >= 11 is 0. The molecule has 0 spiro atoms. The van der Waals surface area contributed by atoms with Crippen molar-refractivity contribution >= 4 is 11.6 Å². The third kappa shape index (κ3) is 3.44. The van der Waals surface area contributed by atoms with Crippen LogP contribution in [0.4, 0.5) is 5.69 Å². The first-order chi connectivity index (χ1) is 12.6. The molecular formula is C21H26N4O. The Morgan fingerprint density at radius 2 is 1.62 bits per heavy atom. The van der Waals surface area contributed by atoms with Gasteiger partial charge in [0.2, 0.25) is 0 Å². The second-order valence-electron chi connectivity index (χ2n) is 7.72. The molecule has 0 aliphatic carbocycles. The second-order valence-corrected chi connectivity index (χ2v) is 7.72. The van der Waals surface area contributed by atoms with Crippen molar-refractivity contribution < 1.29 is 4.79 Å². The van der Waals surface area contributed by atoms with Crippen LogP contribution >= 0.6 is 0 Å². The number of benzene rings is 1. The van der Waals surface area contributed by atoms with Gasteiger partial charge in [0.25, 0.3) is 5.91 Å². The van der Waals surface area contributed by atoms with Crippen LogP contribution in [0, 0.1) is 11.8 Å². The molecule has 0 unspecified atom stereocenters. The molecule has 2 aromatic rings. The van der Waals surface area contributed by atoms with E-state index in [-0.39, 0.29) is 5.91 Å². The summed E-state index contributed by atoms with van der Waals surface area (Å²) in [5.41, 5.74) is 3.34. The van der Waals surface area contributed by atoms with E-state index in [0.717, 1.165) is 38.3 Å². The highest BCUT2D eigenvalue weighted by atomic mass is 16.2. The van der Waals surface area contributed by atoms with Crippen molar-refractivity contribution in [2.24, 2.45) is 11.8 Å². The molecule has 0 bridgehead atoms. The Hall–Kier alpha value is -2.40. The molecule has 0 saturated carbocycles. The average Bonchev–Trinajstić information content (AvgIpc) is 3.21. The van der Waals surface area contributed by atoms with Crippen LogP contribution in [0.3, 0.4) is 0 Å². The Labute approximate surface area is 155 Å². The van der Waals surface area contributed by atoms with Crippen LogP contribution in [0.15, 0.2) is 48.8 Å². The molecule has 5 nitrogen and oxygen atoms in total. The molecule has 1 aromatic heterocycles. The summed E-state index contributed by atoms with van der Waals surface area (Å²) in [6, 6.07) is 12.4. The zero-order chi connectivity index (χ0) is 18.1. The van der Waals surface area contributed by atoms with E-state index in [1.54, 1.807) is 24.5 Å². The lowest BCUT2D eigenvalue weighted by atomic mass is 10.0. The molecule has 2 saturated heterocycles. The molecule has 26 heavy (non-hydrogen) atoms. The first-order valence-corrected chi connectivity index (χ1v) is 9.28. The maximum atomic E-state index is 12.6. The van der Waals surface area contributed by atoms with E-state index in [1.807, 2.05) is 4.90 Å². The predicted octanol–water partition coefficient (Wildman–Crippen LogP) is 2.35. The third-order valence-electron chi connectivity index (χ3n) is 5.64. The van der Waals surface area contributed by atoms with Crippen molar-refractivity contribution in [2.45, 2.75) is 6.54 Å². The number of nitrogens with zero attached hydrogens (tertiary/aromatic N) is 4. The Balaban J connectivity index is 1.33. The van der Waals surface area contributed by atoms with E-state index in [4.69, 9.17) is 0 Å². The lowest BCUT2D eigenvalue weighted by Gasteiger charge is -2.22. The molecule has 2 atom stereocenters. The molecule has 0 radical (unpaired) electrons. The molecule has 2 aliphatic rings. The van der Waals surface area contributed by atoms with E-state index in [1.165, 1.54) is 11.3 Å². The number of carbonyl (C=O) groups excluding carboxylic acids is 1. The van der Waals surface area contributed by atoms with Crippen molar-refractivity contribution in [2.75, 3.05) is 45.2 Å². The lowest BCUT2D eigenvalue weighted by molar-refractivity contribution is 0.0773. The number of carbonyl (C=O) groups is 1. The molecule has 136 valence electrons. The highest BCUT2D eigenvalue weighted by molar-refractivity contribution is 5.94. The van der Waals surface area contributed by atoms with Gasteiger partial charge in [-0.1, -0.05) is 12.1 Å². The van der Waals surface area contributed by atoms with Crippen LogP contribution in [0.25, 0.3) is 0 Å². The SMILES string of the molecule is CN(C)c1ccc(CN2C[C@@H]3CN(C(=O)c4ccncc4)C[C@H]3C2)cc1. The number of rotatable bonds is 4. The zero-order valence-electron chi connectivity index (χ0n) is 15.5. The Bertz CT molecular complexity index is 745. The third-order valence-corrected chi connectivity index (χ3v) is 5.64. The maximum absolute atomic E-state index is 12.6. The summed E-state index contributed by atoms with van der Waals surface area (Å²) in [6.07, 6.45) is 3.38. The monoisotopic (exact) mass is 350 g/mol. The van der Waals surface area contributed by atoms with E-state index in [2.05, 4.69) is 53.1 Å². The predicted molar refractivity (Wildman–Crippen MR) is 103 cm³/mol. The molecule has 0 N–H and O–H groups in total. The van der Waals surface area contributed by atoms with Crippen LogP contribution < -0.4 is 4.90 Å². The number of fused-ring (bicyclic) bond motifs is 1. The summed E-state index contributed by atoms with van der Waals surface area (Å²) in [7, 11) is 4.13. The fourth-order valence-corrected chi connectivity index (χ4v) is 4.22. The molecule has 1 aromatic carbocycles. The minimum absolute atomic E-state index is 0.146. The Morgan fingerprint density at radius 3 is 2.19 bits per heavy atom. The molecule has 4 rings (SSSR count). The lowest BCUT2D eigenvalue weighted by Crippen LogP contribution is -2.33.